The number of allylic oxidation sites excluding steroid dienone is 1. The van der Waals surface area contributed by atoms with Crippen LogP contribution >= 0.6 is 0 Å². The Balaban J connectivity index is 2.84. The molecule has 0 spiro atoms. The Labute approximate surface area is 111 Å². The summed E-state index contributed by atoms with van der Waals surface area (Å²) in [6, 6.07) is 0. The number of carbonyl (C=O) groups excluding carboxylic acids is 1. The zero-order chi connectivity index (χ0) is 14.0. The van der Waals surface area contributed by atoms with Crippen LogP contribution in [0.1, 0.15) is 59.8 Å². The first-order valence-electron chi connectivity index (χ1n) is 7.02. The molecule has 0 bridgehead atoms. The fourth-order valence-electron chi connectivity index (χ4n) is 3.49. The van der Waals surface area contributed by atoms with E-state index in [1.165, 1.54) is 5.57 Å². The molecule has 0 aromatic rings. The van der Waals surface area contributed by atoms with Crippen LogP contribution in [0.5, 0.6) is 0 Å². The van der Waals surface area contributed by atoms with Crippen LogP contribution in [0.2, 0.25) is 0 Å². The SMILES string of the molecule is C=C(C)[C@@H]1C[C@H](C(C)(C)O)CC[C@@]1(C)CCC=O. The maximum atomic E-state index is 10.6. The lowest BCUT2D eigenvalue weighted by molar-refractivity contribution is -0.109. The molecule has 0 aliphatic heterocycles. The summed E-state index contributed by atoms with van der Waals surface area (Å²) in [5.41, 5.74) is 0.756. The Morgan fingerprint density at radius 3 is 2.61 bits per heavy atom. The predicted octanol–water partition coefficient (Wildman–Crippen LogP) is 3.74. The maximum Gasteiger partial charge on any atom is 0.120 e. The van der Waals surface area contributed by atoms with Crippen molar-refractivity contribution in [3.05, 3.63) is 12.2 Å². The Morgan fingerprint density at radius 1 is 1.56 bits per heavy atom. The molecule has 0 aromatic carbocycles. The Bertz CT molecular complexity index is 314. The van der Waals surface area contributed by atoms with Crippen LogP contribution in [0.3, 0.4) is 0 Å². The molecule has 18 heavy (non-hydrogen) atoms. The van der Waals surface area contributed by atoms with Crippen LogP contribution < -0.4 is 0 Å². The molecule has 2 heteroatoms. The van der Waals surface area contributed by atoms with E-state index in [9.17, 15) is 9.90 Å². The largest absolute Gasteiger partial charge is 0.390 e. The second kappa shape index (κ2) is 5.56. The van der Waals surface area contributed by atoms with Crippen molar-refractivity contribution >= 4 is 6.29 Å². The van der Waals surface area contributed by atoms with Crippen LogP contribution in [0.25, 0.3) is 0 Å². The highest BCUT2D eigenvalue weighted by Gasteiger charge is 2.43. The highest BCUT2D eigenvalue weighted by molar-refractivity contribution is 5.49. The van der Waals surface area contributed by atoms with Crippen molar-refractivity contribution in [1.29, 1.82) is 0 Å². The minimum atomic E-state index is -0.611. The summed E-state index contributed by atoms with van der Waals surface area (Å²) in [6.45, 7) is 12.3. The monoisotopic (exact) mass is 252 g/mol. The highest BCUT2D eigenvalue weighted by Crippen LogP contribution is 2.51. The summed E-state index contributed by atoms with van der Waals surface area (Å²) < 4.78 is 0. The fourth-order valence-corrected chi connectivity index (χ4v) is 3.49. The van der Waals surface area contributed by atoms with Crippen molar-refractivity contribution in [3.63, 3.8) is 0 Å². The van der Waals surface area contributed by atoms with Gasteiger partial charge in [-0.1, -0.05) is 19.1 Å². The van der Waals surface area contributed by atoms with E-state index in [0.29, 0.717) is 18.3 Å². The molecular formula is C16H28O2. The van der Waals surface area contributed by atoms with Crippen molar-refractivity contribution in [3.8, 4) is 0 Å². The number of aliphatic hydroxyl groups is 1. The molecular weight excluding hydrogens is 224 g/mol. The Morgan fingerprint density at radius 2 is 2.17 bits per heavy atom. The first-order chi connectivity index (χ1) is 8.20. The van der Waals surface area contributed by atoms with E-state index in [1.807, 2.05) is 13.8 Å². The fraction of sp³-hybridized carbons (Fsp3) is 0.812. The van der Waals surface area contributed by atoms with Crippen molar-refractivity contribution in [2.75, 3.05) is 0 Å². The molecule has 1 saturated carbocycles. The number of aldehydes is 1. The summed E-state index contributed by atoms with van der Waals surface area (Å²) in [5.74, 6) is 0.756. The molecule has 104 valence electrons. The van der Waals surface area contributed by atoms with Gasteiger partial charge in [-0.25, -0.2) is 0 Å². The predicted molar refractivity (Wildman–Crippen MR) is 75.3 cm³/mol. The normalized spacial score (nSPS) is 33.2. The van der Waals surface area contributed by atoms with Crippen LogP contribution in [-0.2, 0) is 4.79 Å². The quantitative estimate of drug-likeness (QED) is 0.598. The molecule has 0 saturated heterocycles. The number of hydrogen-bond donors (Lipinski definition) is 1. The molecule has 1 aliphatic carbocycles. The molecule has 0 amide bonds. The second-order valence-electron chi connectivity index (χ2n) is 6.88. The molecule has 1 N–H and O–H groups in total. The summed E-state index contributed by atoms with van der Waals surface area (Å²) >= 11 is 0. The first-order valence-corrected chi connectivity index (χ1v) is 7.02. The average Bonchev–Trinajstić information content (AvgIpc) is 2.25. The molecule has 1 rings (SSSR count). The summed E-state index contributed by atoms with van der Waals surface area (Å²) in [4.78, 5) is 10.6. The van der Waals surface area contributed by atoms with Crippen LogP contribution in [0.15, 0.2) is 12.2 Å². The van der Waals surface area contributed by atoms with Crippen molar-refractivity contribution < 1.29 is 9.90 Å². The molecule has 0 heterocycles. The molecule has 2 nitrogen and oxygen atoms in total. The Kier molecular flexibility index (Phi) is 4.77. The smallest absolute Gasteiger partial charge is 0.120 e. The van der Waals surface area contributed by atoms with Crippen LogP contribution in [0.4, 0.5) is 0 Å². The minimum absolute atomic E-state index is 0.175. The van der Waals surface area contributed by atoms with Crippen LogP contribution in [-0.4, -0.2) is 17.0 Å². The lowest BCUT2D eigenvalue weighted by atomic mass is 9.58. The van der Waals surface area contributed by atoms with Crippen molar-refractivity contribution in [2.45, 2.75) is 65.4 Å². The summed E-state index contributed by atoms with van der Waals surface area (Å²) in [6.07, 6.45) is 5.70. The van der Waals surface area contributed by atoms with E-state index in [-0.39, 0.29) is 5.41 Å². The first kappa shape index (κ1) is 15.4. The number of rotatable bonds is 5. The molecule has 0 aromatic heterocycles. The molecule has 1 fully saturated rings. The molecule has 3 atom stereocenters. The average molecular weight is 252 g/mol. The van der Waals surface area contributed by atoms with Crippen LogP contribution in [0, 0.1) is 17.3 Å². The molecule has 0 radical (unpaired) electrons. The van der Waals surface area contributed by atoms with Gasteiger partial charge in [-0.2, -0.15) is 0 Å². The van der Waals surface area contributed by atoms with E-state index in [4.69, 9.17) is 0 Å². The summed E-state index contributed by atoms with van der Waals surface area (Å²) in [7, 11) is 0. The van der Waals surface area contributed by atoms with Gasteiger partial charge in [-0.3, -0.25) is 0 Å². The lowest BCUT2D eigenvalue weighted by Crippen LogP contribution is -2.42. The molecule has 1 aliphatic rings. The van der Waals surface area contributed by atoms with E-state index in [1.54, 1.807) is 0 Å². The zero-order valence-corrected chi connectivity index (χ0v) is 12.3. The maximum absolute atomic E-state index is 10.6. The van der Waals surface area contributed by atoms with Gasteiger partial charge in [0.25, 0.3) is 0 Å². The van der Waals surface area contributed by atoms with Crippen molar-refractivity contribution in [1.82, 2.24) is 0 Å². The van der Waals surface area contributed by atoms with E-state index < -0.39 is 5.60 Å². The van der Waals surface area contributed by atoms with Gasteiger partial charge in [0.15, 0.2) is 0 Å². The zero-order valence-electron chi connectivity index (χ0n) is 12.3. The summed E-state index contributed by atoms with van der Waals surface area (Å²) in [5, 5.41) is 10.2. The third-order valence-corrected chi connectivity index (χ3v) is 4.85. The topological polar surface area (TPSA) is 37.3 Å². The van der Waals surface area contributed by atoms with Gasteiger partial charge in [0.1, 0.15) is 6.29 Å². The van der Waals surface area contributed by atoms with Crippen molar-refractivity contribution in [2.24, 2.45) is 17.3 Å². The number of hydrogen-bond acceptors (Lipinski definition) is 2. The number of carbonyl (C=O) groups is 1. The molecule has 0 unspecified atom stereocenters. The van der Waals surface area contributed by atoms with Gasteiger partial charge in [-0.15, -0.1) is 0 Å². The second-order valence-corrected chi connectivity index (χ2v) is 6.88. The Hall–Kier alpha value is -0.630. The van der Waals surface area contributed by atoms with Gasteiger partial charge >= 0.3 is 0 Å². The van der Waals surface area contributed by atoms with E-state index in [0.717, 1.165) is 32.0 Å². The van der Waals surface area contributed by atoms with Gasteiger partial charge < -0.3 is 9.90 Å². The van der Waals surface area contributed by atoms with E-state index >= 15 is 0 Å². The van der Waals surface area contributed by atoms with E-state index in [2.05, 4.69) is 20.4 Å². The lowest BCUT2D eigenvalue weighted by Gasteiger charge is -2.48. The minimum Gasteiger partial charge on any atom is -0.390 e. The van der Waals surface area contributed by atoms with Gasteiger partial charge in [0.05, 0.1) is 5.60 Å². The highest BCUT2D eigenvalue weighted by atomic mass is 16.3. The van der Waals surface area contributed by atoms with Gasteiger partial charge in [-0.05, 0) is 63.7 Å². The third kappa shape index (κ3) is 3.44. The standard InChI is InChI=1S/C16H28O2/c1-12(2)14-11-13(15(3,4)18)7-9-16(14,5)8-6-10-17/h10,13-14,18H,1,6-9,11H2,2-5H3/t13-,14+,16-/m1/s1. The van der Waals surface area contributed by atoms with Gasteiger partial charge in [0, 0.05) is 6.42 Å². The van der Waals surface area contributed by atoms with Gasteiger partial charge in [0.2, 0.25) is 0 Å². The third-order valence-electron chi connectivity index (χ3n) is 4.85.